The number of hydrogen-bond acceptors (Lipinski definition) is 3. The Morgan fingerprint density at radius 2 is 1.91 bits per heavy atom. The highest BCUT2D eigenvalue weighted by Gasteiger charge is 2.07. The second-order valence-corrected chi connectivity index (χ2v) is 5.21. The second-order valence-electron chi connectivity index (χ2n) is 4.78. The molecule has 6 heteroatoms. The van der Waals surface area contributed by atoms with Crippen LogP contribution in [0.5, 0.6) is 0 Å². The van der Waals surface area contributed by atoms with Crippen LogP contribution in [0, 0.1) is 11.3 Å². The van der Waals surface area contributed by atoms with Crippen LogP contribution in [0.15, 0.2) is 48.5 Å². The molecule has 2 rings (SSSR count). The number of benzene rings is 2. The summed E-state index contributed by atoms with van der Waals surface area (Å²) in [4.78, 5) is 23.4. The minimum absolute atomic E-state index is 0.175. The van der Waals surface area contributed by atoms with E-state index in [1.54, 1.807) is 48.5 Å². The van der Waals surface area contributed by atoms with Crippen LogP contribution >= 0.6 is 11.6 Å². The van der Waals surface area contributed by atoms with Gasteiger partial charge in [0, 0.05) is 22.8 Å². The number of nitrogens with one attached hydrogen (secondary N) is 2. The van der Waals surface area contributed by atoms with Crippen LogP contribution < -0.4 is 10.6 Å². The Hall–Kier alpha value is -2.84. The van der Waals surface area contributed by atoms with Crippen LogP contribution in [0.25, 0.3) is 0 Å². The van der Waals surface area contributed by atoms with Crippen molar-refractivity contribution in [3.05, 3.63) is 64.7 Å². The zero-order valence-corrected chi connectivity index (χ0v) is 12.9. The van der Waals surface area contributed by atoms with Gasteiger partial charge in [-0.25, -0.2) is 0 Å². The molecule has 5 nitrogen and oxygen atoms in total. The van der Waals surface area contributed by atoms with Gasteiger partial charge in [-0.05, 0) is 35.9 Å². The van der Waals surface area contributed by atoms with Gasteiger partial charge in [0.05, 0.1) is 6.07 Å². The first kappa shape index (κ1) is 16.5. The van der Waals surface area contributed by atoms with Crippen molar-refractivity contribution >= 4 is 29.1 Å². The average molecular weight is 328 g/mol. The topological polar surface area (TPSA) is 82.0 Å². The Morgan fingerprint density at radius 3 is 2.65 bits per heavy atom. The molecule has 0 saturated carbocycles. The minimum Gasteiger partial charge on any atom is -0.351 e. The van der Waals surface area contributed by atoms with E-state index in [0.29, 0.717) is 22.8 Å². The molecular formula is C17H14ClN3O2. The van der Waals surface area contributed by atoms with Crippen molar-refractivity contribution in [3.63, 3.8) is 0 Å². The lowest BCUT2D eigenvalue weighted by Crippen LogP contribution is -2.21. The Labute approximate surface area is 138 Å². The SMILES string of the molecule is N#CCC(=O)NCc1cccc(NC(=O)c2cccc(Cl)c2)c1. The molecule has 0 unspecified atom stereocenters. The van der Waals surface area contributed by atoms with E-state index < -0.39 is 0 Å². The van der Waals surface area contributed by atoms with Gasteiger partial charge in [0.25, 0.3) is 5.91 Å². The molecule has 116 valence electrons. The predicted molar refractivity (Wildman–Crippen MR) is 87.9 cm³/mol. The van der Waals surface area contributed by atoms with E-state index in [2.05, 4.69) is 10.6 Å². The van der Waals surface area contributed by atoms with Gasteiger partial charge in [-0.3, -0.25) is 9.59 Å². The smallest absolute Gasteiger partial charge is 0.255 e. The monoisotopic (exact) mass is 327 g/mol. The average Bonchev–Trinajstić information content (AvgIpc) is 2.53. The van der Waals surface area contributed by atoms with Gasteiger partial charge in [-0.2, -0.15) is 5.26 Å². The molecule has 0 radical (unpaired) electrons. The standard InChI is InChI=1S/C17H14ClN3O2/c18-14-5-2-4-13(10-14)17(23)21-15-6-1-3-12(9-15)11-20-16(22)7-8-19/h1-6,9-10H,7,11H2,(H,20,22)(H,21,23). The largest absolute Gasteiger partial charge is 0.351 e. The number of carbonyl (C=O) groups excluding carboxylic acids is 2. The Morgan fingerprint density at radius 1 is 1.13 bits per heavy atom. The quantitative estimate of drug-likeness (QED) is 0.885. The third-order valence-corrected chi connectivity index (χ3v) is 3.24. The van der Waals surface area contributed by atoms with Crippen molar-refractivity contribution in [2.75, 3.05) is 5.32 Å². The summed E-state index contributed by atoms with van der Waals surface area (Å²) in [5.74, 6) is -0.598. The lowest BCUT2D eigenvalue weighted by Gasteiger charge is -2.08. The number of anilines is 1. The van der Waals surface area contributed by atoms with Crippen LogP contribution in [-0.4, -0.2) is 11.8 Å². The summed E-state index contributed by atoms with van der Waals surface area (Å²) in [5, 5.41) is 14.3. The second kappa shape index (κ2) is 7.97. The highest BCUT2D eigenvalue weighted by Crippen LogP contribution is 2.15. The van der Waals surface area contributed by atoms with Crippen molar-refractivity contribution < 1.29 is 9.59 Å². The Bertz CT molecular complexity index is 768. The predicted octanol–water partition coefficient (Wildman–Crippen LogP) is 3.12. The van der Waals surface area contributed by atoms with Crippen LogP contribution in [0.2, 0.25) is 5.02 Å². The van der Waals surface area contributed by atoms with Crippen LogP contribution in [0.3, 0.4) is 0 Å². The van der Waals surface area contributed by atoms with Crippen LogP contribution in [0.4, 0.5) is 5.69 Å². The maximum atomic E-state index is 12.2. The van der Waals surface area contributed by atoms with Gasteiger partial charge in [-0.15, -0.1) is 0 Å². The van der Waals surface area contributed by atoms with Gasteiger partial charge >= 0.3 is 0 Å². The lowest BCUT2D eigenvalue weighted by atomic mass is 10.1. The molecule has 0 bridgehead atoms. The molecule has 0 aliphatic heterocycles. The van der Waals surface area contributed by atoms with E-state index in [1.807, 2.05) is 6.07 Å². The molecular weight excluding hydrogens is 314 g/mol. The van der Waals surface area contributed by atoms with Crippen molar-refractivity contribution in [1.82, 2.24) is 5.32 Å². The summed E-state index contributed by atoms with van der Waals surface area (Å²) in [7, 11) is 0. The van der Waals surface area contributed by atoms with Crippen molar-refractivity contribution in [2.45, 2.75) is 13.0 Å². The molecule has 2 N–H and O–H groups in total. The number of nitrogens with zero attached hydrogens (tertiary/aromatic N) is 1. The highest BCUT2D eigenvalue weighted by molar-refractivity contribution is 6.31. The molecule has 0 aromatic heterocycles. The van der Waals surface area contributed by atoms with Crippen LogP contribution in [0.1, 0.15) is 22.3 Å². The third kappa shape index (κ3) is 5.13. The maximum absolute atomic E-state index is 12.2. The molecule has 23 heavy (non-hydrogen) atoms. The van der Waals surface area contributed by atoms with Gasteiger partial charge < -0.3 is 10.6 Å². The lowest BCUT2D eigenvalue weighted by molar-refractivity contribution is -0.120. The Balaban J connectivity index is 2.01. The number of amides is 2. The summed E-state index contributed by atoms with van der Waals surface area (Å²) < 4.78 is 0. The molecule has 0 aliphatic carbocycles. The number of halogens is 1. The molecule has 0 spiro atoms. The first-order valence-electron chi connectivity index (χ1n) is 6.88. The van der Waals surface area contributed by atoms with E-state index in [0.717, 1.165) is 5.56 Å². The first-order valence-corrected chi connectivity index (χ1v) is 7.26. The summed E-state index contributed by atoms with van der Waals surface area (Å²) in [5.41, 5.74) is 1.90. The maximum Gasteiger partial charge on any atom is 0.255 e. The molecule has 0 fully saturated rings. The fourth-order valence-corrected chi connectivity index (χ4v) is 2.12. The van der Waals surface area contributed by atoms with Gasteiger partial charge in [0.1, 0.15) is 6.42 Å². The molecule has 0 aliphatic rings. The zero-order valence-electron chi connectivity index (χ0n) is 12.2. The molecule has 2 aromatic carbocycles. The van der Waals surface area contributed by atoms with E-state index in [4.69, 9.17) is 16.9 Å². The Kier molecular flexibility index (Phi) is 5.73. The van der Waals surface area contributed by atoms with Crippen molar-refractivity contribution in [1.29, 1.82) is 5.26 Å². The van der Waals surface area contributed by atoms with Gasteiger partial charge in [0.15, 0.2) is 0 Å². The van der Waals surface area contributed by atoms with E-state index in [-0.39, 0.29) is 18.2 Å². The number of rotatable bonds is 5. The first-order chi connectivity index (χ1) is 11.1. The number of hydrogen-bond donors (Lipinski definition) is 2. The van der Waals surface area contributed by atoms with Gasteiger partial charge in [-0.1, -0.05) is 29.8 Å². The fraction of sp³-hybridized carbons (Fsp3) is 0.118. The molecule has 0 heterocycles. The molecule has 2 aromatic rings. The van der Waals surface area contributed by atoms with E-state index in [9.17, 15) is 9.59 Å². The third-order valence-electron chi connectivity index (χ3n) is 3.00. The highest BCUT2D eigenvalue weighted by atomic mass is 35.5. The van der Waals surface area contributed by atoms with Crippen molar-refractivity contribution in [2.24, 2.45) is 0 Å². The van der Waals surface area contributed by atoms with Crippen molar-refractivity contribution in [3.8, 4) is 6.07 Å². The van der Waals surface area contributed by atoms with Gasteiger partial charge in [0.2, 0.25) is 5.91 Å². The zero-order chi connectivity index (χ0) is 16.7. The summed E-state index contributed by atoms with van der Waals surface area (Å²) in [6, 6.07) is 15.6. The van der Waals surface area contributed by atoms with Crippen LogP contribution in [-0.2, 0) is 11.3 Å². The summed E-state index contributed by atoms with van der Waals surface area (Å²) >= 11 is 5.87. The number of nitriles is 1. The molecule has 0 saturated heterocycles. The summed E-state index contributed by atoms with van der Waals surface area (Å²) in [6.07, 6.45) is -0.175. The number of carbonyl (C=O) groups is 2. The summed E-state index contributed by atoms with van der Waals surface area (Å²) in [6.45, 7) is 0.293. The molecule has 2 amide bonds. The fourth-order valence-electron chi connectivity index (χ4n) is 1.93. The minimum atomic E-state index is -0.333. The molecule has 0 atom stereocenters. The van der Waals surface area contributed by atoms with E-state index >= 15 is 0 Å². The normalized spacial score (nSPS) is 9.74. The van der Waals surface area contributed by atoms with E-state index in [1.165, 1.54) is 0 Å².